The fourth-order valence-corrected chi connectivity index (χ4v) is 4.09. The topological polar surface area (TPSA) is 69.6 Å². The summed E-state index contributed by atoms with van der Waals surface area (Å²) in [5, 5.41) is 12.4. The second kappa shape index (κ2) is 6.67. The van der Waals surface area contributed by atoms with Crippen LogP contribution in [0.4, 0.5) is 0 Å². The quantitative estimate of drug-likeness (QED) is 0.812. The lowest BCUT2D eigenvalue weighted by atomic mass is 10.2. The highest BCUT2D eigenvalue weighted by molar-refractivity contribution is 7.89. The van der Waals surface area contributed by atoms with Crippen LogP contribution >= 0.6 is 0 Å². The number of aliphatic hydroxyl groups is 1. The van der Waals surface area contributed by atoms with Crippen LogP contribution in [-0.2, 0) is 10.0 Å². The molecule has 5 nitrogen and oxygen atoms in total. The Morgan fingerprint density at radius 3 is 2.85 bits per heavy atom. The molecule has 1 saturated heterocycles. The molecule has 0 aliphatic carbocycles. The Morgan fingerprint density at radius 2 is 2.25 bits per heavy atom. The minimum absolute atomic E-state index is 0.133. The molecule has 0 amide bonds. The summed E-state index contributed by atoms with van der Waals surface area (Å²) in [7, 11) is -3.54. The summed E-state index contributed by atoms with van der Waals surface area (Å²) < 4.78 is 26.7. The normalized spacial score (nSPS) is 19.6. The third-order valence-corrected chi connectivity index (χ3v) is 5.42. The lowest BCUT2D eigenvalue weighted by Crippen LogP contribution is -2.42. The number of rotatable bonds is 6. The average Bonchev–Trinajstić information content (AvgIpc) is 2.91. The molecular weight excluding hydrogens is 276 g/mol. The smallest absolute Gasteiger partial charge is 0.243 e. The van der Waals surface area contributed by atoms with Gasteiger partial charge in [-0.3, -0.25) is 0 Å². The lowest BCUT2D eigenvalue weighted by Gasteiger charge is -2.24. The molecule has 0 bridgehead atoms. The van der Waals surface area contributed by atoms with E-state index in [0.717, 1.165) is 24.9 Å². The van der Waals surface area contributed by atoms with Crippen molar-refractivity contribution in [3.63, 3.8) is 0 Å². The van der Waals surface area contributed by atoms with E-state index in [-0.39, 0.29) is 19.2 Å². The third kappa shape index (κ3) is 3.58. The minimum atomic E-state index is -3.54. The van der Waals surface area contributed by atoms with Crippen LogP contribution in [0.2, 0.25) is 0 Å². The Morgan fingerprint density at radius 1 is 1.45 bits per heavy atom. The molecular formula is C14H22N2O3S. The van der Waals surface area contributed by atoms with E-state index in [1.807, 2.05) is 13.0 Å². The predicted molar refractivity (Wildman–Crippen MR) is 78.0 cm³/mol. The van der Waals surface area contributed by atoms with Crippen LogP contribution in [0.5, 0.6) is 0 Å². The summed E-state index contributed by atoms with van der Waals surface area (Å²) in [5.41, 5.74) is 0.911. The summed E-state index contributed by atoms with van der Waals surface area (Å²) in [5.74, 6) is 0. The number of aryl methyl sites for hydroxylation is 1. The van der Waals surface area contributed by atoms with Gasteiger partial charge in [-0.15, -0.1) is 0 Å². The van der Waals surface area contributed by atoms with Crippen LogP contribution in [0.25, 0.3) is 0 Å². The molecule has 0 saturated carbocycles. The molecule has 20 heavy (non-hydrogen) atoms. The molecule has 6 heteroatoms. The number of aliphatic hydroxyl groups excluding tert-OH is 1. The van der Waals surface area contributed by atoms with Crippen molar-refractivity contribution in [1.82, 2.24) is 9.62 Å². The Bertz CT molecular complexity index is 539. The maximum atomic E-state index is 12.6. The molecule has 0 radical (unpaired) electrons. The summed E-state index contributed by atoms with van der Waals surface area (Å²) in [6.07, 6.45) is 2.05. The van der Waals surface area contributed by atoms with E-state index in [1.54, 1.807) is 18.2 Å². The number of hydrogen-bond donors (Lipinski definition) is 2. The number of benzene rings is 1. The fourth-order valence-electron chi connectivity index (χ4n) is 2.50. The number of nitrogens with one attached hydrogen (secondary N) is 1. The number of nitrogens with zero attached hydrogens (tertiary/aromatic N) is 1. The molecule has 0 aromatic heterocycles. The van der Waals surface area contributed by atoms with E-state index < -0.39 is 10.0 Å². The van der Waals surface area contributed by atoms with Gasteiger partial charge in [0.05, 0.1) is 11.5 Å². The van der Waals surface area contributed by atoms with Crippen molar-refractivity contribution in [3.05, 3.63) is 29.8 Å². The van der Waals surface area contributed by atoms with Gasteiger partial charge in [0.2, 0.25) is 10.0 Å². The SMILES string of the molecule is Cc1cccc(S(=O)(=O)N(CCO)CC2CCCN2)c1. The second-order valence-corrected chi connectivity index (χ2v) is 7.13. The van der Waals surface area contributed by atoms with Gasteiger partial charge in [-0.25, -0.2) is 8.42 Å². The molecule has 1 heterocycles. The highest BCUT2D eigenvalue weighted by Crippen LogP contribution is 2.18. The first kappa shape index (κ1) is 15.4. The van der Waals surface area contributed by atoms with Gasteiger partial charge in [0.1, 0.15) is 0 Å². The van der Waals surface area contributed by atoms with Crippen molar-refractivity contribution in [1.29, 1.82) is 0 Å². The molecule has 1 atom stereocenters. The van der Waals surface area contributed by atoms with E-state index in [4.69, 9.17) is 5.11 Å². The van der Waals surface area contributed by atoms with Crippen molar-refractivity contribution in [2.24, 2.45) is 0 Å². The first-order chi connectivity index (χ1) is 9.54. The Kier molecular flexibility index (Phi) is 5.15. The van der Waals surface area contributed by atoms with Gasteiger partial charge in [0, 0.05) is 19.1 Å². The van der Waals surface area contributed by atoms with Crippen molar-refractivity contribution in [3.8, 4) is 0 Å². The lowest BCUT2D eigenvalue weighted by molar-refractivity contribution is 0.246. The Hall–Kier alpha value is -0.950. The van der Waals surface area contributed by atoms with E-state index in [1.165, 1.54) is 4.31 Å². The zero-order valence-electron chi connectivity index (χ0n) is 11.7. The average molecular weight is 298 g/mol. The molecule has 2 rings (SSSR count). The third-order valence-electron chi connectivity index (χ3n) is 3.56. The van der Waals surface area contributed by atoms with Crippen LogP contribution in [0.15, 0.2) is 29.2 Å². The molecule has 112 valence electrons. The molecule has 1 aromatic carbocycles. The molecule has 1 unspecified atom stereocenters. The predicted octanol–water partition coefficient (Wildman–Crippen LogP) is 0.730. The molecule has 2 N–H and O–H groups in total. The molecule has 1 aliphatic rings. The van der Waals surface area contributed by atoms with Crippen molar-refractivity contribution < 1.29 is 13.5 Å². The fraction of sp³-hybridized carbons (Fsp3) is 0.571. The largest absolute Gasteiger partial charge is 0.395 e. The van der Waals surface area contributed by atoms with Gasteiger partial charge in [-0.05, 0) is 44.0 Å². The number of hydrogen-bond acceptors (Lipinski definition) is 4. The highest BCUT2D eigenvalue weighted by Gasteiger charge is 2.27. The Balaban J connectivity index is 2.21. The standard InChI is InChI=1S/C14H22N2O3S/c1-12-4-2-6-14(10-12)20(18,19)16(8-9-17)11-13-5-3-7-15-13/h2,4,6,10,13,15,17H,3,5,7-9,11H2,1H3. The van der Waals surface area contributed by atoms with Gasteiger partial charge in [0.25, 0.3) is 0 Å². The van der Waals surface area contributed by atoms with Gasteiger partial charge < -0.3 is 10.4 Å². The van der Waals surface area contributed by atoms with Gasteiger partial charge in [0.15, 0.2) is 0 Å². The molecule has 0 spiro atoms. The van der Waals surface area contributed by atoms with Gasteiger partial charge in [-0.1, -0.05) is 12.1 Å². The van der Waals surface area contributed by atoms with Crippen molar-refractivity contribution in [2.75, 3.05) is 26.2 Å². The van der Waals surface area contributed by atoms with Crippen molar-refractivity contribution in [2.45, 2.75) is 30.7 Å². The first-order valence-corrected chi connectivity index (χ1v) is 8.39. The van der Waals surface area contributed by atoms with Crippen LogP contribution in [0, 0.1) is 6.92 Å². The highest BCUT2D eigenvalue weighted by atomic mass is 32.2. The number of sulfonamides is 1. The van der Waals surface area contributed by atoms with E-state index >= 15 is 0 Å². The summed E-state index contributed by atoms with van der Waals surface area (Å²) in [4.78, 5) is 0.295. The molecule has 1 aliphatic heterocycles. The summed E-state index contributed by atoms with van der Waals surface area (Å²) in [6.45, 7) is 3.18. The second-order valence-electron chi connectivity index (χ2n) is 5.20. The van der Waals surface area contributed by atoms with Gasteiger partial charge >= 0.3 is 0 Å². The molecule has 1 fully saturated rings. The maximum absolute atomic E-state index is 12.6. The Labute approximate surface area is 120 Å². The zero-order chi connectivity index (χ0) is 14.6. The van der Waals surface area contributed by atoms with E-state index in [2.05, 4.69) is 5.32 Å². The van der Waals surface area contributed by atoms with Crippen molar-refractivity contribution >= 4 is 10.0 Å². The monoisotopic (exact) mass is 298 g/mol. The zero-order valence-corrected chi connectivity index (χ0v) is 12.6. The van der Waals surface area contributed by atoms with E-state index in [0.29, 0.717) is 11.4 Å². The van der Waals surface area contributed by atoms with Crippen LogP contribution in [-0.4, -0.2) is 50.1 Å². The van der Waals surface area contributed by atoms with Gasteiger partial charge in [-0.2, -0.15) is 4.31 Å². The van der Waals surface area contributed by atoms with Crippen LogP contribution in [0.3, 0.4) is 0 Å². The molecule has 1 aromatic rings. The van der Waals surface area contributed by atoms with E-state index in [9.17, 15) is 8.42 Å². The minimum Gasteiger partial charge on any atom is -0.395 e. The summed E-state index contributed by atoms with van der Waals surface area (Å²) in [6, 6.07) is 7.07. The van der Waals surface area contributed by atoms with Crippen LogP contribution in [0.1, 0.15) is 18.4 Å². The summed E-state index contributed by atoms with van der Waals surface area (Å²) >= 11 is 0. The van der Waals surface area contributed by atoms with Crippen LogP contribution < -0.4 is 5.32 Å². The first-order valence-electron chi connectivity index (χ1n) is 6.95. The maximum Gasteiger partial charge on any atom is 0.243 e.